The highest BCUT2D eigenvalue weighted by Gasteiger charge is 2.37. The summed E-state index contributed by atoms with van der Waals surface area (Å²) >= 11 is 0. The van der Waals surface area contributed by atoms with Gasteiger partial charge in [-0.25, -0.2) is 0 Å². The van der Waals surface area contributed by atoms with Gasteiger partial charge in [0.2, 0.25) is 5.78 Å². The van der Waals surface area contributed by atoms with Gasteiger partial charge in [-0.05, 0) is 38.0 Å². The summed E-state index contributed by atoms with van der Waals surface area (Å²) in [7, 11) is 1.58. The van der Waals surface area contributed by atoms with Crippen LogP contribution < -0.4 is 0 Å². The summed E-state index contributed by atoms with van der Waals surface area (Å²) in [5.74, 6) is 0.306. The zero-order chi connectivity index (χ0) is 14.0. The lowest BCUT2D eigenvalue weighted by atomic mass is 9.90. The van der Waals surface area contributed by atoms with E-state index in [2.05, 4.69) is 0 Å². The lowest BCUT2D eigenvalue weighted by Gasteiger charge is -2.27. The molecule has 3 nitrogen and oxygen atoms in total. The third-order valence-electron chi connectivity index (χ3n) is 3.84. The molecule has 0 radical (unpaired) electrons. The van der Waals surface area contributed by atoms with E-state index in [1.54, 1.807) is 7.11 Å². The third-order valence-corrected chi connectivity index (χ3v) is 3.84. The van der Waals surface area contributed by atoms with Crippen molar-refractivity contribution in [3.8, 4) is 0 Å². The Kier molecular flexibility index (Phi) is 3.76. The standard InChI is InChI=1S/C16H20O3/c1-5-16(6-2,18-4)15(17)14-10-12-9-11(3)7-8-13(12)19-14/h7-10H,5-6H2,1-4H3. The van der Waals surface area contributed by atoms with Gasteiger partial charge in [0.05, 0.1) is 0 Å². The molecule has 0 N–H and O–H groups in total. The van der Waals surface area contributed by atoms with Gasteiger partial charge >= 0.3 is 0 Å². The minimum absolute atomic E-state index is 0.0751. The van der Waals surface area contributed by atoms with Crippen LogP contribution in [-0.2, 0) is 4.74 Å². The molecule has 0 atom stereocenters. The number of hydrogen-bond donors (Lipinski definition) is 0. The summed E-state index contributed by atoms with van der Waals surface area (Å²) in [6, 6.07) is 7.70. The second-order valence-electron chi connectivity index (χ2n) is 4.89. The Morgan fingerprint density at radius 1 is 1.26 bits per heavy atom. The number of carbonyl (C=O) groups excluding carboxylic acids is 1. The van der Waals surface area contributed by atoms with Crippen LogP contribution in [0.1, 0.15) is 42.8 Å². The van der Waals surface area contributed by atoms with Gasteiger partial charge in [0.15, 0.2) is 5.76 Å². The molecule has 19 heavy (non-hydrogen) atoms. The highest BCUT2D eigenvalue weighted by atomic mass is 16.5. The van der Waals surface area contributed by atoms with Gasteiger partial charge in [0.1, 0.15) is 11.2 Å². The second kappa shape index (κ2) is 5.17. The minimum Gasteiger partial charge on any atom is -0.453 e. The average Bonchev–Trinajstić information content (AvgIpc) is 2.84. The molecule has 0 unspecified atom stereocenters. The number of hydrogen-bond acceptors (Lipinski definition) is 3. The van der Waals surface area contributed by atoms with E-state index in [4.69, 9.17) is 9.15 Å². The molecule has 1 aromatic carbocycles. The molecule has 1 heterocycles. The first-order valence-corrected chi connectivity index (χ1v) is 6.66. The highest BCUT2D eigenvalue weighted by Crippen LogP contribution is 2.28. The largest absolute Gasteiger partial charge is 0.453 e. The monoisotopic (exact) mass is 260 g/mol. The number of rotatable bonds is 5. The van der Waals surface area contributed by atoms with E-state index in [1.165, 1.54) is 0 Å². The molecule has 0 spiro atoms. The SMILES string of the molecule is CCC(CC)(OC)C(=O)c1cc2cc(C)ccc2o1. The Hall–Kier alpha value is -1.61. The molecule has 0 saturated heterocycles. The number of benzene rings is 1. The highest BCUT2D eigenvalue weighted by molar-refractivity contribution is 6.03. The second-order valence-corrected chi connectivity index (χ2v) is 4.89. The molecule has 0 aliphatic heterocycles. The van der Waals surface area contributed by atoms with Crippen molar-refractivity contribution in [2.45, 2.75) is 39.2 Å². The molecule has 0 bridgehead atoms. The van der Waals surface area contributed by atoms with E-state index in [0.717, 1.165) is 16.5 Å². The van der Waals surface area contributed by atoms with E-state index in [0.29, 0.717) is 18.6 Å². The Morgan fingerprint density at radius 2 is 1.95 bits per heavy atom. The molecular weight excluding hydrogens is 240 g/mol. The number of ether oxygens (including phenoxy) is 1. The maximum absolute atomic E-state index is 12.6. The molecule has 2 aromatic rings. The zero-order valence-corrected chi connectivity index (χ0v) is 11.9. The fraction of sp³-hybridized carbons (Fsp3) is 0.438. The zero-order valence-electron chi connectivity index (χ0n) is 11.9. The van der Waals surface area contributed by atoms with Crippen molar-refractivity contribution in [3.63, 3.8) is 0 Å². The van der Waals surface area contributed by atoms with Gasteiger partial charge in [-0.2, -0.15) is 0 Å². The van der Waals surface area contributed by atoms with Crippen molar-refractivity contribution in [2.75, 3.05) is 7.11 Å². The van der Waals surface area contributed by atoms with E-state index in [9.17, 15) is 4.79 Å². The molecule has 0 aliphatic rings. The van der Waals surface area contributed by atoms with E-state index in [1.807, 2.05) is 45.0 Å². The first kappa shape index (κ1) is 13.8. The van der Waals surface area contributed by atoms with Crippen molar-refractivity contribution in [2.24, 2.45) is 0 Å². The van der Waals surface area contributed by atoms with Gasteiger partial charge in [-0.1, -0.05) is 25.5 Å². The minimum atomic E-state index is -0.775. The summed E-state index contributed by atoms with van der Waals surface area (Å²) < 4.78 is 11.1. The van der Waals surface area contributed by atoms with E-state index in [-0.39, 0.29) is 5.78 Å². The number of fused-ring (bicyclic) bond motifs is 1. The molecule has 3 heteroatoms. The predicted molar refractivity (Wildman–Crippen MR) is 75.6 cm³/mol. The van der Waals surface area contributed by atoms with E-state index >= 15 is 0 Å². The molecule has 102 valence electrons. The van der Waals surface area contributed by atoms with Gasteiger partial charge in [-0.3, -0.25) is 4.79 Å². The van der Waals surface area contributed by atoms with Crippen molar-refractivity contribution in [3.05, 3.63) is 35.6 Å². The Bertz CT molecular complexity index is 583. The van der Waals surface area contributed by atoms with Crippen LogP contribution in [0.3, 0.4) is 0 Å². The van der Waals surface area contributed by atoms with Gasteiger partial charge in [-0.15, -0.1) is 0 Å². The van der Waals surface area contributed by atoms with Crippen molar-refractivity contribution >= 4 is 16.8 Å². The van der Waals surface area contributed by atoms with Crippen LogP contribution in [0.4, 0.5) is 0 Å². The molecule has 2 rings (SSSR count). The maximum Gasteiger partial charge on any atom is 0.229 e. The molecule has 0 aliphatic carbocycles. The van der Waals surface area contributed by atoms with Crippen LogP contribution in [0.5, 0.6) is 0 Å². The fourth-order valence-electron chi connectivity index (χ4n) is 2.45. The maximum atomic E-state index is 12.6. The number of furan rings is 1. The average molecular weight is 260 g/mol. The smallest absolute Gasteiger partial charge is 0.229 e. The van der Waals surface area contributed by atoms with Crippen LogP contribution >= 0.6 is 0 Å². The topological polar surface area (TPSA) is 39.4 Å². The third kappa shape index (κ3) is 2.30. The first-order valence-electron chi connectivity index (χ1n) is 6.66. The lowest BCUT2D eigenvalue weighted by molar-refractivity contribution is -0.00450. The first-order chi connectivity index (χ1) is 9.06. The van der Waals surface area contributed by atoms with Crippen LogP contribution in [0.25, 0.3) is 11.0 Å². The quantitative estimate of drug-likeness (QED) is 0.759. The van der Waals surface area contributed by atoms with Crippen LogP contribution in [-0.4, -0.2) is 18.5 Å². The van der Waals surface area contributed by atoms with E-state index < -0.39 is 5.60 Å². The number of Topliss-reactive ketones (excluding diaryl/α,β-unsaturated/α-hetero) is 1. The Labute approximate surface area is 113 Å². The molecule has 0 amide bonds. The van der Waals surface area contributed by atoms with Crippen LogP contribution in [0, 0.1) is 6.92 Å². The summed E-state index contributed by atoms with van der Waals surface area (Å²) in [4.78, 5) is 12.6. The van der Waals surface area contributed by atoms with Crippen LogP contribution in [0.2, 0.25) is 0 Å². The Balaban J connectivity index is 2.46. The lowest BCUT2D eigenvalue weighted by Crippen LogP contribution is -2.39. The number of aryl methyl sites for hydroxylation is 1. The van der Waals surface area contributed by atoms with Gasteiger partial charge in [0.25, 0.3) is 0 Å². The molecule has 0 fully saturated rings. The number of carbonyl (C=O) groups is 1. The normalized spacial score (nSPS) is 12.0. The molecule has 1 aromatic heterocycles. The number of ketones is 1. The summed E-state index contributed by atoms with van der Waals surface area (Å²) in [6.07, 6.45) is 1.27. The predicted octanol–water partition coefficient (Wildman–Crippen LogP) is 4.13. The summed E-state index contributed by atoms with van der Waals surface area (Å²) in [5, 5.41) is 0.959. The Morgan fingerprint density at radius 3 is 2.53 bits per heavy atom. The van der Waals surface area contributed by atoms with Crippen molar-refractivity contribution < 1.29 is 13.9 Å². The summed E-state index contributed by atoms with van der Waals surface area (Å²) in [5.41, 5.74) is 1.12. The number of methoxy groups -OCH3 is 1. The van der Waals surface area contributed by atoms with Crippen LogP contribution in [0.15, 0.2) is 28.7 Å². The van der Waals surface area contributed by atoms with Gasteiger partial charge in [0, 0.05) is 12.5 Å². The van der Waals surface area contributed by atoms with Gasteiger partial charge < -0.3 is 9.15 Å². The van der Waals surface area contributed by atoms with Crippen molar-refractivity contribution in [1.82, 2.24) is 0 Å². The molecular formula is C16H20O3. The molecule has 0 saturated carbocycles. The fourth-order valence-corrected chi connectivity index (χ4v) is 2.45. The summed E-state index contributed by atoms with van der Waals surface area (Å²) in [6.45, 7) is 5.93. The van der Waals surface area contributed by atoms with Crippen molar-refractivity contribution in [1.29, 1.82) is 0 Å².